The van der Waals surface area contributed by atoms with Gasteiger partial charge >= 0.3 is 12.1 Å². The van der Waals surface area contributed by atoms with E-state index in [1.54, 1.807) is 0 Å². The highest BCUT2D eigenvalue weighted by Crippen LogP contribution is 2.17. The third-order valence-electron chi connectivity index (χ3n) is 0.540. The van der Waals surface area contributed by atoms with Crippen molar-refractivity contribution in [3.63, 3.8) is 0 Å². The summed E-state index contributed by atoms with van der Waals surface area (Å²) < 4.78 is 102. The summed E-state index contributed by atoms with van der Waals surface area (Å²) in [6.45, 7) is -7.78. The molecule has 1 atom stereocenters. The molecule has 0 saturated carbocycles. The zero-order chi connectivity index (χ0) is 16.8. The summed E-state index contributed by atoms with van der Waals surface area (Å²) in [7, 11) is 0. The van der Waals surface area contributed by atoms with E-state index in [0.29, 0.717) is 0 Å². The summed E-state index contributed by atoms with van der Waals surface area (Å²) in [6.07, 6.45) is -14.0. The van der Waals surface area contributed by atoms with E-state index >= 15 is 0 Å². The molecule has 0 aromatic carbocycles. The van der Waals surface area contributed by atoms with Crippen LogP contribution in [0.5, 0.6) is 0 Å². The van der Waals surface area contributed by atoms with Gasteiger partial charge in [-0.25, -0.2) is 4.79 Å². The molecule has 0 fully saturated rings. The number of alkyl halides is 3. The molecule has 0 aromatic heterocycles. The highest BCUT2D eigenvalue weighted by atomic mass is 19.4. The highest BCUT2D eigenvalue weighted by molar-refractivity contribution is 5.75. The van der Waals surface area contributed by atoms with Crippen molar-refractivity contribution < 1.29 is 35.0 Å². The molecule has 0 aliphatic heterocycles. The molecule has 0 radical (unpaired) electrons. The van der Waals surface area contributed by atoms with Gasteiger partial charge in [0.05, 0.1) is 7.45 Å². The molecule has 0 aliphatic rings. The molecule has 0 N–H and O–H groups in total. The first-order valence-corrected chi connectivity index (χ1v) is 2.18. The largest absolute Gasteiger partial charge is 0.490 e. The Hall–Kier alpha value is -0.740. The summed E-state index contributed by atoms with van der Waals surface area (Å²) in [5, 5.41) is 0. The molecule has 11 heavy (non-hydrogen) atoms. The van der Waals surface area contributed by atoms with Gasteiger partial charge in [0, 0.05) is 11.0 Å². The monoisotopic (exact) mass is 179 g/mol. The molecule has 0 heterocycles. The summed E-state index contributed by atoms with van der Waals surface area (Å²) in [5.74, 6) is -3.17. The second-order valence-corrected chi connectivity index (χ2v) is 1.34. The molecule has 0 rings (SSSR count). The van der Waals surface area contributed by atoms with E-state index < -0.39 is 38.3 Å². The lowest BCUT2D eigenvalue weighted by molar-refractivity contribution is -0.204. The Morgan fingerprint density at radius 2 is 2.55 bits per heavy atom. The molecular weight excluding hydrogens is 161 g/mol. The fourth-order valence-corrected chi connectivity index (χ4v) is 0.176. The second-order valence-electron chi connectivity index (χ2n) is 1.34. The highest BCUT2D eigenvalue weighted by Gasteiger charge is 2.41. The first kappa shape index (κ1) is 2.64. The van der Waals surface area contributed by atoms with E-state index in [1.165, 1.54) is 0 Å². The van der Waals surface area contributed by atoms with Crippen LogP contribution in [0.15, 0.2) is 0 Å². The zero-order valence-electron chi connectivity index (χ0n) is 14.0. The normalized spacial score (nSPS) is 32.8. The van der Waals surface area contributed by atoms with Crippen LogP contribution in [0.25, 0.3) is 0 Å². The van der Waals surface area contributed by atoms with Crippen molar-refractivity contribution in [2.24, 2.45) is 0 Å². The van der Waals surface area contributed by atoms with Crippen LogP contribution in [0.4, 0.5) is 13.2 Å². The van der Waals surface area contributed by atoms with Gasteiger partial charge in [0.1, 0.15) is 0 Å². The van der Waals surface area contributed by atoms with Crippen LogP contribution in [-0.4, -0.2) is 18.2 Å². The molecule has 2 nitrogen and oxygen atoms in total. The van der Waals surface area contributed by atoms with E-state index in [4.69, 9.17) is 12.3 Å². The lowest BCUT2D eigenvalue weighted by Crippen LogP contribution is -2.28. The van der Waals surface area contributed by atoms with Gasteiger partial charge in [0.25, 0.3) is 0 Å². The van der Waals surface area contributed by atoms with Gasteiger partial charge in [-0.2, -0.15) is 13.2 Å². The van der Waals surface area contributed by atoms with Gasteiger partial charge in [-0.1, -0.05) is 6.85 Å². The molecule has 0 aromatic rings. The summed E-state index contributed by atoms with van der Waals surface area (Å²) in [6, 6.07) is 0. The van der Waals surface area contributed by atoms with Crippen LogP contribution in [0.2, 0.25) is 0 Å². The van der Waals surface area contributed by atoms with Crippen molar-refractivity contribution in [1.29, 1.82) is 0 Å². The number of esters is 1. The third kappa shape index (κ3) is 3.85. The minimum absolute atomic E-state index is 3.17. The first-order valence-electron chi connectivity index (χ1n) is 6.68. The van der Waals surface area contributed by atoms with Gasteiger partial charge in [0.2, 0.25) is 0 Å². The topological polar surface area (TPSA) is 26.3 Å². The van der Waals surface area contributed by atoms with E-state index in [1.807, 2.05) is 0 Å². The SMILES string of the molecule is [2H]C([2H])([2H])C([2H])([2H])C([2H])(OC(=O)C(F)(F)F)C([2H])([2H])[2H]. The number of rotatable bonds is 2. The number of halogens is 3. The zero-order valence-corrected chi connectivity index (χ0v) is 4.95. The van der Waals surface area contributed by atoms with Gasteiger partial charge in [0.15, 0.2) is 0 Å². The van der Waals surface area contributed by atoms with E-state index in [9.17, 15) is 18.0 Å². The van der Waals surface area contributed by atoms with Crippen molar-refractivity contribution in [2.75, 3.05) is 0 Å². The average Bonchev–Trinajstić information content (AvgIpc) is 2.11. The van der Waals surface area contributed by atoms with Crippen LogP contribution in [0.3, 0.4) is 0 Å². The summed E-state index contributed by atoms with van der Waals surface area (Å²) in [5.41, 5.74) is 0. The predicted molar refractivity (Wildman–Crippen MR) is 31.9 cm³/mol. The number of ether oxygens (including phenoxy) is 1. The molecule has 0 amide bonds. The Kier molecular flexibility index (Phi) is 0.862. The molecule has 0 aliphatic carbocycles. The van der Waals surface area contributed by atoms with Crippen LogP contribution in [0.1, 0.15) is 32.4 Å². The molecule has 0 saturated heterocycles. The van der Waals surface area contributed by atoms with Crippen LogP contribution in [-0.2, 0) is 9.53 Å². The average molecular weight is 179 g/mol. The minimum Gasteiger partial charge on any atom is -0.456 e. The van der Waals surface area contributed by atoms with E-state index in [0.717, 1.165) is 0 Å². The molecule has 66 valence electrons. The smallest absolute Gasteiger partial charge is 0.456 e. The van der Waals surface area contributed by atoms with E-state index in [2.05, 4.69) is 4.74 Å². The maximum Gasteiger partial charge on any atom is 0.490 e. The molecular formula is C6H9F3O2. The van der Waals surface area contributed by atoms with Gasteiger partial charge in [-0.05, 0) is 13.2 Å². The third-order valence-corrected chi connectivity index (χ3v) is 0.540. The van der Waals surface area contributed by atoms with Gasteiger partial charge in [-0.15, -0.1) is 0 Å². The lowest BCUT2D eigenvalue weighted by atomic mass is 10.3. The Labute approximate surface area is 75.0 Å². The van der Waals surface area contributed by atoms with Crippen LogP contribution < -0.4 is 0 Å². The fourth-order valence-electron chi connectivity index (χ4n) is 0.176. The van der Waals surface area contributed by atoms with Gasteiger partial charge < -0.3 is 4.74 Å². The Morgan fingerprint density at radius 3 is 2.91 bits per heavy atom. The van der Waals surface area contributed by atoms with Gasteiger partial charge in [-0.3, -0.25) is 0 Å². The first-order chi connectivity index (χ1) is 8.38. The summed E-state index contributed by atoms with van der Waals surface area (Å²) in [4.78, 5) is 10.6. The molecule has 0 bridgehead atoms. The number of hydrogen-bond donors (Lipinski definition) is 0. The van der Waals surface area contributed by atoms with Crippen molar-refractivity contribution >= 4 is 5.97 Å². The van der Waals surface area contributed by atoms with E-state index in [-0.39, 0.29) is 0 Å². The number of carbonyl (C=O) groups is 1. The minimum atomic E-state index is -5.71. The number of carbonyl (C=O) groups excluding carboxylic acids is 1. The van der Waals surface area contributed by atoms with Crippen molar-refractivity contribution in [1.82, 2.24) is 0 Å². The molecule has 5 heteroatoms. The fraction of sp³-hybridized carbons (Fsp3) is 0.833. The summed E-state index contributed by atoms with van der Waals surface area (Å²) >= 11 is 0. The Bertz CT molecular complexity index is 385. The van der Waals surface area contributed by atoms with Crippen molar-refractivity contribution in [3.05, 3.63) is 0 Å². The Balaban J connectivity index is 5.88. The lowest BCUT2D eigenvalue weighted by Gasteiger charge is -2.11. The van der Waals surface area contributed by atoms with Crippen LogP contribution in [0, 0.1) is 0 Å². The number of hydrogen-bond acceptors (Lipinski definition) is 2. The van der Waals surface area contributed by atoms with Crippen molar-refractivity contribution in [2.45, 2.75) is 32.3 Å². The molecule has 0 spiro atoms. The maximum atomic E-state index is 12.0. The molecule has 1 unspecified atom stereocenters. The standard InChI is InChI=1S/C6H9F3O2/c1-3-4(2)11-5(10)6(7,8)9/h4H,3H2,1-2H3/i1D3,2D3,3D2,4D. The quantitative estimate of drug-likeness (QED) is 0.605. The van der Waals surface area contributed by atoms with Crippen molar-refractivity contribution in [3.8, 4) is 0 Å². The maximum absolute atomic E-state index is 12.0. The van der Waals surface area contributed by atoms with Crippen LogP contribution >= 0.6 is 0 Å². The predicted octanol–water partition coefficient (Wildman–Crippen LogP) is 1.89. The Morgan fingerprint density at radius 1 is 1.91 bits per heavy atom. The second kappa shape index (κ2) is 3.59.